The first-order valence-corrected chi connectivity index (χ1v) is 12.0. The van der Waals surface area contributed by atoms with Crippen molar-refractivity contribution in [3.8, 4) is 0 Å². The van der Waals surface area contributed by atoms with Crippen LogP contribution in [0.25, 0.3) is 5.57 Å². The van der Waals surface area contributed by atoms with Crippen molar-refractivity contribution >= 4 is 22.8 Å². The molecule has 1 aliphatic heterocycles. The summed E-state index contributed by atoms with van der Waals surface area (Å²) in [5.74, 6) is 1.40. The number of aliphatic imine (C=N–C) groups is 1. The van der Waals surface area contributed by atoms with Gasteiger partial charge in [-0.2, -0.15) is 0 Å². The highest BCUT2D eigenvalue weighted by Gasteiger charge is 2.14. The van der Waals surface area contributed by atoms with Crippen LogP contribution in [0.2, 0.25) is 0 Å². The van der Waals surface area contributed by atoms with E-state index in [0.717, 1.165) is 66.3 Å². The van der Waals surface area contributed by atoms with Crippen molar-refractivity contribution in [2.24, 2.45) is 4.99 Å². The molecule has 3 rings (SSSR count). The van der Waals surface area contributed by atoms with Crippen LogP contribution in [-0.4, -0.2) is 12.4 Å². The van der Waals surface area contributed by atoms with Gasteiger partial charge >= 0.3 is 0 Å². The zero-order chi connectivity index (χ0) is 24.0. The Kier molecular flexibility index (Phi) is 8.29. The first-order valence-electron chi connectivity index (χ1n) is 12.0. The van der Waals surface area contributed by atoms with Gasteiger partial charge in [0.25, 0.3) is 0 Å². The number of nitrogens with zero attached hydrogens (tertiary/aromatic N) is 1. The Morgan fingerprint density at radius 2 is 1.79 bits per heavy atom. The quantitative estimate of drug-likeness (QED) is 0.309. The SMILES string of the molecule is C=C(/N=C(Nc1cccc(CC)c1C(=C)C)\C(C)=C/C)Nc1cc2c(cc1CC)CNCC2. The molecule has 1 aliphatic rings. The molecule has 0 aromatic heterocycles. The first kappa shape index (κ1) is 24.5. The van der Waals surface area contributed by atoms with E-state index in [1.807, 2.05) is 6.92 Å². The minimum absolute atomic E-state index is 0.616. The summed E-state index contributed by atoms with van der Waals surface area (Å²) in [6.45, 7) is 20.9. The molecule has 3 N–H and O–H groups in total. The summed E-state index contributed by atoms with van der Waals surface area (Å²) < 4.78 is 0. The lowest BCUT2D eigenvalue weighted by molar-refractivity contribution is 0.643. The average Bonchev–Trinajstić information content (AvgIpc) is 2.82. The van der Waals surface area contributed by atoms with Gasteiger partial charge < -0.3 is 16.0 Å². The number of benzene rings is 2. The molecule has 0 radical (unpaired) electrons. The fourth-order valence-corrected chi connectivity index (χ4v) is 4.29. The largest absolute Gasteiger partial charge is 0.340 e. The topological polar surface area (TPSA) is 48.5 Å². The van der Waals surface area contributed by atoms with Crippen molar-refractivity contribution in [2.45, 2.75) is 60.4 Å². The van der Waals surface area contributed by atoms with Gasteiger partial charge in [0.1, 0.15) is 11.7 Å². The molecule has 0 atom stereocenters. The van der Waals surface area contributed by atoms with Gasteiger partial charge in [-0.25, -0.2) is 4.99 Å². The first-order chi connectivity index (χ1) is 15.9. The van der Waals surface area contributed by atoms with Crippen molar-refractivity contribution in [3.05, 3.63) is 88.8 Å². The van der Waals surface area contributed by atoms with Crippen molar-refractivity contribution in [3.63, 3.8) is 0 Å². The smallest absolute Gasteiger partial charge is 0.135 e. The maximum absolute atomic E-state index is 4.87. The van der Waals surface area contributed by atoms with E-state index >= 15 is 0 Å². The molecule has 174 valence electrons. The summed E-state index contributed by atoms with van der Waals surface area (Å²) in [4.78, 5) is 4.87. The van der Waals surface area contributed by atoms with Crippen LogP contribution in [0.3, 0.4) is 0 Å². The van der Waals surface area contributed by atoms with Crippen molar-refractivity contribution in [1.82, 2.24) is 5.32 Å². The number of allylic oxidation sites excluding steroid dienone is 2. The minimum atomic E-state index is 0.616. The minimum Gasteiger partial charge on any atom is -0.340 e. The Hall–Kier alpha value is -3.11. The zero-order valence-corrected chi connectivity index (χ0v) is 20.9. The van der Waals surface area contributed by atoms with Crippen LogP contribution in [0.4, 0.5) is 11.4 Å². The number of hydrogen-bond donors (Lipinski definition) is 3. The molecule has 0 spiro atoms. The van der Waals surface area contributed by atoms with E-state index in [4.69, 9.17) is 4.99 Å². The zero-order valence-electron chi connectivity index (χ0n) is 20.9. The Balaban J connectivity index is 1.92. The molecule has 0 aliphatic carbocycles. The molecule has 4 nitrogen and oxygen atoms in total. The third-order valence-corrected chi connectivity index (χ3v) is 6.24. The second-order valence-electron chi connectivity index (χ2n) is 8.66. The van der Waals surface area contributed by atoms with Crippen LogP contribution < -0.4 is 16.0 Å². The lowest BCUT2D eigenvalue weighted by Crippen LogP contribution is -2.24. The highest BCUT2D eigenvalue weighted by Crippen LogP contribution is 2.29. The van der Waals surface area contributed by atoms with Gasteiger partial charge in [0.2, 0.25) is 0 Å². The van der Waals surface area contributed by atoms with E-state index in [1.54, 1.807) is 0 Å². The third kappa shape index (κ3) is 5.82. The van der Waals surface area contributed by atoms with Crippen LogP contribution in [0.5, 0.6) is 0 Å². The molecule has 33 heavy (non-hydrogen) atoms. The summed E-state index contributed by atoms with van der Waals surface area (Å²) in [5, 5.41) is 10.5. The molecule has 0 saturated heterocycles. The van der Waals surface area contributed by atoms with E-state index in [9.17, 15) is 0 Å². The normalized spacial score (nSPS) is 14.0. The molecule has 0 amide bonds. The van der Waals surface area contributed by atoms with Gasteiger partial charge in [-0.3, -0.25) is 0 Å². The number of nitrogens with one attached hydrogen (secondary N) is 3. The van der Waals surface area contributed by atoms with Crippen molar-refractivity contribution in [2.75, 3.05) is 17.2 Å². The monoisotopic (exact) mass is 442 g/mol. The van der Waals surface area contributed by atoms with Crippen molar-refractivity contribution in [1.29, 1.82) is 0 Å². The molecule has 2 aromatic rings. The van der Waals surface area contributed by atoms with Crippen LogP contribution in [0, 0.1) is 0 Å². The van der Waals surface area contributed by atoms with E-state index < -0.39 is 0 Å². The Morgan fingerprint density at radius 3 is 2.45 bits per heavy atom. The predicted octanol–water partition coefficient (Wildman–Crippen LogP) is 6.85. The molecule has 2 aromatic carbocycles. The lowest BCUT2D eigenvalue weighted by Gasteiger charge is -2.21. The average molecular weight is 443 g/mol. The second kappa shape index (κ2) is 11.2. The van der Waals surface area contributed by atoms with Gasteiger partial charge in [0.15, 0.2) is 0 Å². The number of aryl methyl sites for hydroxylation is 2. The highest BCUT2D eigenvalue weighted by molar-refractivity contribution is 6.09. The summed E-state index contributed by atoms with van der Waals surface area (Å²) in [5.41, 5.74) is 10.7. The standard InChI is InChI=1S/C29H38N4/c1-8-20(6)29(33-26-13-11-12-22(9-2)28(26)19(4)5)32-21(7)31-27-17-24-14-15-30-18-25(24)16-23(27)10-3/h8,11-13,16-17,30-31H,4,7,9-10,14-15,18H2,1-3,5-6H3,(H,32,33)/b20-8-. The fourth-order valence-electron chi connectivity index (χ4n) is 4.29. The van der Waals surface area contributed by atoms with Gasteiger partial charge in [0, 0.05) is 23.5 Å². The van der Waals surface area contributed by atoms with Crippen LogP contribution in [0.1, 0.15) is 62.4 Å². The van der Waals surface area contributed by atoms with E-state index in [2.05, 4.69) is 93.2 Å². The maximum atomic E-state index is 4.87. The van der Waals surface area contributed by atoms with Gasteiger partial charge in [0.05, 0.1) is 0 Å². The Labute approximate surface area is 199 Å². The molecular formula is C29H38N4. The number of anilines is 2. The number of fused-ring (bicyclic) bond motifs is 1. The summed E-state index contributed by atoms with van der Waals surface area (Å²) >= 11 is 0. The summed E-state index contributed by atoms with van der Waals surface area (Å²) in [7, 11) is 0. The van der Waals surface area contributed by atoms with E-state index in [0.29, 0.717) is 5.82 Å². The maximum Gasteiger partial charge on any atom is 0.135 e. The molecule has 0 fully saturated rings. The van der Waals surface area contributed by atoms with Crippen LogP contribution in [0.15, 0.2) is 66.0 Å². The van der Waals surface area contributed by atoms with Gasteiger partial charge in [-0.15, -0.1) is 0 Å². The van der Waals surface area contributed by atoms with Crippen LogP contribution >= 0.6 is 0 Å². The predicted molar refractivity (Wildman–Crippen MR) is 145 cm³/mol. The lowest BCUT2D eigenvalue weighted by atomic mass is 9.96. The Bertz CT molecular complexity index is 1100. The van der Waals surface area contributed by atoms with E-state index in [1.165, 1.54) is 22.3 Å². The summed E-state index contributed by atoms with van der Waals surface area (Å²) in [6, 6.07) is 10.9. The fraction of sp³-hybridized carbons (Fsp3) is 0.345. The molecule has 0 unspecified atom stereocenters. The molecule has 0 bridgehead atoms. The van der Waals surface area contributed by atoms with Crippen molar-refractivity contribution < 1.29 is 0 Å². The summed E-state index contributed by atoms with van der Waals surface area (Å²) in [6.07, 6.45) is 5.02. The second-order valence-corrected chi connectivity index (χ2v) is 8.66. The molecule has 4 heteroatoms. The number of rotatable bonds is 8. The van der Waals surface area contributed by atoms with Gasteiger partial charge in [-0.05, 0) is 92.1 Å². The molecule has 1 heterocycles. The highest BCUT2D eigenvalue weighted by atomic mass is 15.1. The third-order valence-electron chi connectivity index (χ3n) is 6.24. The Morgan fingerprint density at radius 1 is 1.03 bits per heavy atom. The van der Waals surface area contributed by atoms with Crippen LogP contribution in [-0.2, 0) is 25.8 Å². The van der Waals surface area contributed by atoms with Gasteiger partial charge in [-0.1, -0.05) is 51.3 Å². The van der Waals surface area contributed by atoms with E-state index in [-0.39, 0.29) is 0 Å². The number of amidine groups is 1. The molecule has 0 saturated carbocycles. The molecular weight excluding hydrogens is 404 g/mol. The number of hydrogen-bond acceptors (Lipinski definition) is 3.